The van der Waals surface area contributed by atoms with E-state index in [0.717, 1.165) is 11.3 Å². The standard InChI is InChI=1S/C13H17NO2/c1-13(2,3)16-9-11-7-10(8-14)5-6-12(11)15-4/h5-7H,9H2,1-4H3. The highest BCUT2D eigenvalue weighted by atomic mass is 16.5. The fourth-order valence-corrected chi connectivity index (χ4v) is 1.26. The van der Waals surface area contributed by atoms with Crippen LogP contribution in [0.4, 0.5) is 0 Å². The summed E-state index contributed by atoms with van der Waals surface area (Å²) >= 11 is 0. The number of methoxy groups -OCH3 is 1. The van der Waals surface area contributed by atoms with Crippen molar-refractivity contribution in [1.29, 1.82) is 5.26 Å². The molecule has 0 bridgehead atoms. The minimum atomic E-state index is -0.201. The lowest BCUT2D eigenvalue weighted by atomic mass is 10.1. The van der Waals surface area contributed by atoms with Gasteiger partial charge in [0, 0.05) is 5.56 Å². The molecule has 0 saturated carbocycles. The number of hydrogen-bond donors (Lipinski definition) is 0. The summed E-state index contributed by atoms with van der Waals surface area (Å²) in [6.07, 6.45) is 0. The molecule has 0 atom stereocenters. The Bertz CT molecular complexity index is 399. The lowest BCUT2D eigenvalue weighted by molar-refractivity contribution is -0.0156. The van der Waals surface area contributed by atoms with Crippen molar-refractivity contribution in [3.8, 4) is 11.8 Å². The maximum absolute atomic E-state index is 8.82. The maximum atomic E-state index is 8.82. The second kappa shape index (κ2) is 5.00. The lowest BCUT2D eigenvalue weighted by Gasteiger charge is -2.20. The van der Waals surface area contributed by atoms with Gasteiger partial charge in [-0.25, -0.2) is 0 Å². The highest BCUT2D eigenvalue weighted by Crippen LogP contribution is 2.22. The fourth-order valence-electron chi connectivity index (χ4n) is 1.26. The van der Waals surface area contributed by atoms with Gasteiger partial charge in [-0.1, -0.05) is 0 Å². The summed E-state index contributed by atoms with van der Waals surface area (Å²) in [4.78, 5) is 0. The number of benzene rings is 1. The van der Waals surface area contributed by atoms with Gasteiger partial charge in [0.2, 0.25) is 0 Å². The first-order valence-corrected chi connectivity index (χ1v) is 5.17. The summed E-state index contributed by atoms with van der Waals surface area (Å²) in [5, 5.41) is 8.82. The van der Waals surface area contributed by atoms with Gasteiger partial charge in [-0.3, -0.25) is 0 Å². The molecule has 0 unspecified atom stereocenters. The summed E-state index contributed by atoms with van der Waals surface area (Å²) < 4.78 is 10.9. The summed E-state index contributed by atoms with van der Waals surface area (Å²) in [6, 6.07) is 7.43. The number of nitrogens with zero attached hydrogens (tertiary/aromatic N) is 1. The Morgan fingerprint density at radius 2 is 2.00 bits per heavy atom. The highest BCUT2D eigenvalue weighted by Gasteiger charge is 2.12. The monoisotopic (exact) mass is 219 g/mol. The second-order valence-corrected chi connectivity index (χ2v) is 4.54. The third kappa shape index (κ3) is 3.56. The molecule has 86 valence electrons. The van der Waals surface area contributed by atoms with E-state index >= 15 is 0 Å². The van der Waals surface area contributed by atoms with Crippen LogP contribution in [-0.4, -0.2) is 12.7 Å². The average Bonchev–Trinajstić information content (AvgIpc) is 2.25. The van der Waals surface area contributed by atoms with Gasteiger partial charge in [-0.05, 0) is 39.0 Å². The topological polar surface area (TPSA) is 42.2 Å². The van der Waals surface area contributed by atoms with Gasteiger partial charge in [0.15, 0.2) is 0 Å². The Hall–Kier alpha value is -1.53. The van der Waals surface area contributed by atoms with E-state index in [4.69, 9.17) is 14.7 Å². The number of hydrogen-bond acceptors (Lipinski definition) is 3. The van der Waals surface area contributed by atoms with Crippen molar-refractivity contribution < 1.29 is 9.47 Å². The Morgan fingerprint density at radius 1 is 1.31 bits per heavy atom. The van der Waals surface area contributed by atoms with Crippen LogP contribution in [0.25, 0.3) is 0 Å². The van der Waals surface area contributed by atoms with Crippen molar-refractivity contribution in [3.05, 3.63) is 29.3 Å². The number of nitriles is 1. The summed E-state index contributed by atoms with van der Waals surface area (Å²) in [6.45, 7) is 6.43. The second-order valence-electron chi connectivity index (χ2n) is 4.54. The van der Waals surface area contributed by atoms with Gasteiger partial charge in [0.1, 0.15) is 5.75 Å². The molecule has 0 aliphatic heterocycles. The average molecular weight is 219 g/mol. The molecule has 1 aromatic rings. The summed E-state index contributed by atoms with van der Waals surface area (Å²) in [5.41, 5.74) is 1.32. The fraction of sp³-hybridized carbons (Fsp3) is 0.462. The van der Waals surface area contributed by atoms with E-state index in [1.165, 1.54) is 0 Å². The molecule has 0 spiro atoms. The Labute approximate surface area is 96.6 Å². The Balaban J connectivity index is 2.88. The predicted molar refractivity (Wildman–Crippen MR) is 62.3 cm³/mol. The lowest BCUT2D eigenvalue weighted by Crippen LogP contribution is -2.18. The zero-order chi connectivity index (χ0) is 12.2. The van der Waals surface area contributed by atoms with Crippen LogP contribution in [0.5, 0.6) is 5.75 Å². The molecule has 0 heterocycles. The van der Waals surface area contributed by atoms with E-state index in [9.17, 15) is 0 Å². The zero-order valence-electron chi connectivity index (χ0n) is 10.2. The molecular formula is C13H17NO2. The smallest absolute Gasteiger partial charge is 0.124 e. The van der Waals surface area contributed by atoms with Gasteiger partial charge < -0.3 is 9.47 Å². The van der Waals surface area contributed by atoms with Crippen molar-refractivity contribution in [2.45, 2.75) is 33.0 Å². The molecule has 0 aromatic heterocycles. The first-order chi connectivity index (χ1) is 7.46. The summed E-state index contributed by atoms with van der Waals surface area (Å²) in [5.74, 6) is 0.753. The van der Waals surface area contributed by atoms with Crippen molar-refractivity contribution in [1.82, 2.24) is 0 Å². The van der Waals surface area contributed by atoms with E-state index in [0.29, 0.717) is 12.2 Å². The molecule has 0 aliphatic rings. The first-order valence-electron chi connectivity index (χ1n) is 5.17. The molecular weight excluding hydrogens is 202 g/mol. The molecule has 0 saturated heterocycles. The minimum absolute atomic E-state index is 0.201. The van der Waals surface area contributed by atoms with E-state index in [-0.39, 0.29) is 5.60 Å². The Kier molecular flexibility index (Phi) is 3.92. The first kappa shape index (κ1) is 12.5. The van der Waals surface area contributed by atoms with Crippen LogP contribution in [0.15, 0.2) is 18.2 Å². The van der Waals surface area contributed by atoms with Crippen LogP contribution < -0.4 is 4.74 Å². The molecule has 0 N–H and O–H groups in total. The van der Waals surface area contributed by atoms with Gasteiger partial charge in [-0.2, -0.15) is 5.26 Å². The summed E-state index contributed by atoms with van der Waals surface area (Å²) in [7, 11) is 1.61. The van der Waals surface area contributed by atoms with Crippen molar-refractivity contribution in [2.75, 3.05) is 7.11 Å². The molecule has 0 aliphatic carbocycles. The SMILES string of the molecule is COc1ccc(C#N)cc1COC(C)(C)C. The van der Waals surface area contributed by atoms with E-state index in [1.807, 2.05) is 20.8 Å². The van der Waals surface area contributed by atoms with Gasteiger partial charge in [0.25, 0.3) is 0 Å². The van der Waals surface area contributed by atoms with Gasteiger partial charge in [0.05, 0.1) is 31.0 Å². The quantitative estimate of drug-likeness (QED) is 0.785. The van der Waals surface area contributed by atoms with Gasteiger partial charge >= 0.3 is 0 Å². The molecule has 0 fully saturated rings. The van der Waals surface area contributed by atoms with E-state index in [2.05, 4.69) is 6.07 Å². The maximum Gasteiger partial charge on any atom is 0.124 e. The van der Waals surface area contributed by atoms with Crippen molar-refractivity contribution in [2.24, 2.45) is 0 Å². The van der Waals surface area contributed by atoms with Crippen LogP contribution in [0, 0.1) is 11.3 Å². The Morgan fingerprint density at radius 3 is 2.50 bits per heavy atom. The normalized spacial score (nSPS) is 10.9. The van der Waals surface area contributed by atoms with Crippen LogP contribution in [0.3, 0.4) is 0 Å². The predicted octanol–water partition coefficient (Wildman–Crippen LogP) is 2.88. The molecule has 1 aromatic carbocycles. The largest absolute Gasteiger partial charge is 0.496 e. The van der Waals surface area contributed by atoms with Crippen molar-refractivity contribution >= 4 is 0 Å². The molecule has 16 heavy (non-hydrogen) atoms. The van der Waals surface area contributed by atoms with Crippen LogP contribution in [-0.2, 0) is 11.3 Å². The van der Waals surface area contributed by atoms with Crippen molar-refractivity contribution in [3.63, 3.8) is 0 Å². The molecule has 0 amide bonds. The van der Waals surface area contributed by atoms with E-state index in [1.54, 1.807) is 25.3 Å². The van der Waals surface area contributed by atoms with Crippen LogP contribution >= 0.6 is 0 Å². The number of ether oxygens (including phenoxy) is 2. The van der Waals surface area contributed by atoms with E-state index < -0.39 is 0 Å². The van der Waals surface area contributed by atoms with Gasteiger partial charge in [-0.15, -0.1) is 0 Å². The third-order valence-corrected chi connectivity index (χ3v) is 2.07. The van der Waals surface area contributed by atoms with Crippen LogP contribution in [0.2, 0.25) is 0 Å². The zero-order valence-corrected chi connectivity index (χ0v) is 10.2. The molecule has 1 rings (SSSR count). The molecule has 3 heteroatoms. The minimum Gasteiger partial charge on any atom is -0.496 e. The number of rotatable bonds is 3. The highest BCUT2D eigenvalue weighted by molar-refractivity contribution is 5.41. The third-order valence-electron chi connectivity index (χ3n) is 2.07. The van der Waals surface area contributed by atoms with Crippen LogP contribution in [0.1, 0.15) is 31.9 Å². The molecule has 0 radical (unpaired) electrons. The molecule has 3 nitrogen and oxygen atoms in total.